The number of nitrogens with zero attached hydrogens (tertiary/aromatic N) is 3. The average molecular weight is 654 g/mol. The number of anilines is 2. The highest BCUT2D eigenvalue weighted by Crippen LogP contribution is 2.38. The molecule has 1 atom stereocenters. The number of aryl methyl sites for hydroxylation is 2. The zero-order valence-corrected chi connectivity index (χ0v) is 27.2. The highest BCUT2D eigenvalue weighted by Gasteiger charge is 2.31. The first-order chi connectivity index (χ1) is 21.1. The SMILES string of the molecule is CC(=O)N1CCN(CC(=O)OC2CCCN(C(=O)c3ccc(NC(=O)c4ccccc4C)cc3C)c3ccc(Cl)cc32)CC1.Cl. The molecule has 1 fully saturated rings. The van der Waals surface area contributed by atoms with Gasteiger partial charge in [0, 0.05) is 67.0 Å². The van der Waals surface area contributed by atoms with Crippen molar-refractivity contribution in [2.75, 3.05) is 49.5 Å². The van der Waals surface area contributed by atoms with Crippen LogP contribution in [0.3, 0.4) is 0 Å². The first-order valence-corrected chi connectivity index (χ1v) is 15.2. The highest BCUT2D eigenvalue weighted by atomic mass is 35.5. The van der Waals surface area contributed by atoms with Crippen LogP contribution in [0.1, 0.15) is 63.3 Å². The number of fused-ring (bicyclic) bond motifs is 1. The van der Waals surface area contributed by atoms with E-state index in [-0.39, 0.29) is 42.6 Å². The maximum atomic E-state index is 13.9. The molecule has 2 heterocycles. The second-order valence-electron chi connectivity index (χ2n) is 11.4. The van der Waals surface area contributed by atoms with Gasteiger partial charge < -0.3 is 19.9 Å². The van der Waals surface area contributed by atoms with Gasteiger partial charge in [-0.2, -0.15) is 0 Å². The van der Waals surface area contributed by atoms with Gasteiger partial charge in [-0.15, -0.1) is 12.4 Å². The monoisotopic (exact) mass is 652 g/mol. The van der Waals surface area contributed by atoms with Crippen molar-refractivity contribution in [3.05, 3.63) is 93.5 Å². The fourth-order valence-electron chi connectivity index (χ4n) is 5.83. The molecule has 11 heteroatoms. The number of hydrogen-bond acceptors (Lipinski definition) is 6. The normalized spacial score (nSPS) is 16.6. The number of carbonyl (C=O) groups is 4. The molecule has 45 heavy (non-hydrogen) atoms. The molecule has 0 saturated carbocycles. The molecule has 0 radical (unpaired) electrons. The molecule has 0 bridgehead atoms. The van der Waals surface area contributed by atoms with E-state index in [0.717, 1.165) is 11.1 Å². The number of ether oxygens (including phenoxy) is 1. The molecule has 1 unspecified atom stereocenters. The van der Waals surface area contributed by atoms with Gasteiger partial charge in [-0.05, 0) is 80.3 Å². The Hall–Kier alpha value is -3.92. The van der Waals surface area contributed by atoms with Crippen LogP contribution in [0.2, 0.25) is 5.02 Å². The van der Waals surface area contributed by atoms with Crippen molar-refractivity contribution in [2.45, 2.75) is 39.7 Å². The van der Waals surface area contributed by atoms with Crippen molar-refractivity contribution >= 4 is 59.1 Å². The van der Waals surface area contributed by atoms with E-state index in [1.807, 2.05) is 36.9 Å². The molecule has 0 spiro atoms. The molecule has 1 N–H and O–H groups in total. The number of carbonyl (C=O) groups excluding carboxylic acids is 4. The third-order valence-electron chi connectivity index (χ3n) is 8.27. The standard InChI is InChI=1S/C34H37ClN4O5.ClH/c1-22-7-4-5-8-27(22)33(42)36-26-11-12-28(23(2)19-26)34(43)39-14-6-9-31(29-20-25(35)10-13-30(29)39)44-32(41)21-37-15-17-38(18-16-37)24(3)40;/h4-5,7-8,10-13,19-20,31H,6,9,14-18,21H2,1-3H3,(H,36,42);1H. The van der Waals surface area contributed by atoms with Gasteiger partial charge in [0.15, 0.2) is 0 Å². The number of rotatable bonds is 6. The lowest BCUT2D eigenvalue weighted by Gasteiger charge is -2.33. The van der Waals surface area contributed by atoms with E-state index < -0.39 is 6.10 Å². The number of benzene rings is 3. The summed E-state index contributed by atoms with van der Waals surface area (Å²) in [7, 11) is 0. The predicted molar refractivity (Wildman–Crippen MR) is 177 cm³/mol. The summed E-state index contributed by atoms with van der Waals surface area (Å²) in [6, 6.07) is 17.9. The van der Waals surface area contributed by atoms with Crippen molar-refractivity contribution in [3.8, 4) is 0 Å². The van der Waals surface area contributed by atoms with Crippen molar-refractivity contribution in [1.29, 1.82) is 0 Å². The van der Waals surface area contributed by atoms with Crippen LogP contribution in [0.15, 0.2) is 60.7 Å². The van der Waals surface area contributed by atoms with Gasteiger partial charge in [0.2, 0.25) is 5.91 Å². The molecule has 0 aromatic heterocycles. The first kappa shape index (κ1) is 34.0. The topological polar surface area (TPSA) is 99.3 Å². The Kier molecular flexibility index (Phi) is 11.3. The minimum Gasteiger partial charge on any atom is -0.456 e. The third kappa shape index (κ3) is 8.03. The van der Waals surface area contributed by atoms with Crippen molar-refractivity contribution in [2.24, 2.45) is 0 Å². The van der Waals surface area contributed by atoms with E-state index in [1.165, 1.54) is 0 Å². The summed E-state index contributed by atoms with van der Waals surface area (Å²) in [5.41, 5.74) is 4.66. The van der Waals surface area contributed by atoms with Crippen LogP contribution < -0.4 is 10.2 Å². The summed E-state index contributed by atoms with van der Waals surface area (Å²) >= 11 is 6.39. The molecule has 3 aromatic rings. The summed E-state index contributed by atoms with van der Waals surface area (Å²) in [5.74, 6) is -0.706. The van der Waals surface area contributed by atoms with Gasteiger partial charge in [0.05, 0.1) is 12.2 Å². The summed E-state index contributed by atoms with van der Waals surface area (Å²) in [5, 5.41) is 3.42. The Labute approximate surface area is 274 Å². The molecule has 9 nitrogen and oxygen atoms in total. The fourth-order valence-corrected chi connectivity index (χ4v) is 6.01. The van der Waals surface area contributed by atoms with E-state index in [2.05, 4.69) is 5.32 Å². The highest BCUT2D eigenvalue weighted by molar-refractivity contribution is 6.30. The molecular weight excluding hydrogens is 615 g/mol. The smallest absolute Gasteiger partial charge is 0.320 e. The van der Waals surface area contributed by atoms with Crippen LogP contribution >= 0.6 is 24.0 Å². The van der Waals surface area contributed by atoms with E-state index in [4.69, 9.17) is 16.3 Å². The Morgan fingerprint density at radius 3 is 2.31 bits per heavy atom. The van der Waals surface area contributed by atoms with Crippen molar-refractivity contribution in [3.63, 3.8) is 0 Å². The van der Waals surface area contributed by atoms with Crippen LogP contribution in [-0.4, -0.2) is 72.8 Å². The molecule has 2 aliphatic heterocycles. The number of esters is 1. The molecule has 1 saturated heterocycles. The zero-order chi connectivity index (χ0) is 31.4. The van der Waals surface area contributed by atoms with E-state index in [0.29, 0.717) is 78.7 Å². The molecule has 5 rings (SSSR count). The minimum atomic E-state index is -0.548. The van der Waals surface area contributed by atoms with E-state index in [1.54, 1.807) is 59.2 Å². The van der Waals surface area contributed by atoms with E-state index >= 15 is 0 Å². The number of hydrogen-bond donors (Lipinski definition) is 1. The zero-order valence-electron chi connectivity index (χ0n) is 25.7. The summed E-state index contributed by atoms with van der Waals surface area (Å²) < 4.78 is 5.99. The quantitative estimate of drug-likeness (QED) is 0.337. The Balaban J connectivity index is 0.00000461. The minimum absolute atomic E-state index is 0. The van der Waals surface area contributed by atoms with Gasteiger partial charge in [0.25, 0.3) is 11.8 Å². The Bertz CT molecular complexity index is 1590. The van der Waals surface area contributed by atoms with Crippen LogP contribution in [0.5, 0.6) is 0 Å². The van der Waals surface area contributed by atoms with Crippen LogP contribution in [0.25, 0.3) is 0 Å². The summed E-state index contributed by atoms with van der Waals surface area (Å²) in [4.78, 5) is 56.9. The maximum Gasteiger partial charge on any atom is 0.320 e. The molecule has 0 aliphatic carbocycles. The fraction of sp³-hybridized carbons (Fsp3) is 0.353. The van der Waals surface area contributed by atoms with Crippen molar-refractivity contribution in [1.82, 2.24) is 9.80 Å². The lowest BCUT2D eigenvalue weighted by atomic mass is 10.0. The second-order valence-corrected chi connectivity index (χ2v) is 11.8. The Morgan fingerprint density at radius 1 is 0.889 bits per heavy atom. The average Bonchev–Trinajstić information content (AvgIpc) is 3.16. The molecule has 238 valence electrons. The third-order valence-corrected chi connectivity index (χ3v) is 8.50. The van der Waals surface area contributed by atoms with Gasteiger partial charge in [-0.1, -0.05) is 29.8 Å². The first-order valence-electron chi connectivity index (χ1n) is 14.9. The molecule has 3 amide bonds. The Morgan fingerprint density at radius 2 is 1.62 bits per heavy atom. The van der Waals surface area contributed by atoms with Crippen LogP contribution in [-0.2, 0) is 14.3 Å². The van der Waals surface area contributed by atoms with Crippen LogP contribution in [0, 0.1) is 13.8 Å². The van der Waals surface area contributed by atoms with Gasteiger partial charge in [0.1, 0.15) is 6.10 Å². The maximum absolute atomic E-state index is 13.9. The largest absolute Gasteiger partial charge is 0.456 e. The summed E-state index contributed by atoms with van der Waals surface area (Å²) in [6.07, 6.45) is 0.619. The number of amides is 3. The number of nitrogens with one attached hydrogen (secondary N) is 1. The summed E-state index contributed by atoms with van der Waals surface area (Å²) in [6.45, 7) is 8.25. The van der Waals surface area contributed by atoms with Gasteiger partial charge >= 0.3 is 5.97 Å². The van der Waals surface area contributed by atoms with Gasteiger partial charge in [-0.3, -0.25) is 24.1 Å². The number of piperazine rings is 1. The van der Waals surface area contributed by atoms with Gasteiger partial charge in [-0.25, -0.2) is 0 Å². The molecule has 3 aromatic carbocycles. The van der Waals surface area contributed by atoms with Crippen LogP contribution in [0.4, 0.5) is 11.4 Å². The lowest BCUT2D eigenvalue weighted by Crippen LogP contribution is -2.49. The van der Waals surface area contributed by atoms with E-state index in [9.17, 15) is 19.2 Å². The predicted octanol–water partition coefficient (Wildman–Crippen LogP) is 5.82. The molecule has 2 aliphatic rings. The number of halogens is 2. The van der Waals surface area contributed by atoms with Crippen molar-refractivity contribution < 1.29 is 23.9 Å². The lowest BCUT2D eigenvalue weighted by molar-refractivity contribution is -0.151. The second kappa shape index (κ2) is 14.9. The molecular formula is C34H38Cl2N4O5.